The van der Waals surface area contributed by atoms with Gasteiger partial charge in [0.2, 0.25) is 0 Å². The zero-order valence-corrected chi connectivity index (χ0v) is 18.4. The van der Waals surface area contributed by atoms with E-state index >= 15 is 0 Å². The second-order valence-electron chi connectivity index (χ2n) is 8.03. The number of hydrogen-bond donors (Lipinski definition) is 0. The van der Waals surface area contributed by atoms with Gasteiger partial charge in [0.15, 0.2) is 0 Å². The average molecular weight is 400 g/mol. The molecule has 0 saturated carbocycles. The van der Waals surface area contributed by atoms with Crippen LogP contribution in [0.1, 0.15) is 90.9 Å². The first-order valence-electron chi connectivity index (χ1n) is 11.0. The minimum atomic E-state index is -0.256. The number of carbonyl (C=O) groups excluding carboxylic acids is 2. The van der Waals surface area contributed by atoms with Crippen LogP contribution in [0.4, 0.5) is 4.79 Å². The highest BCUT2D eigenvalue weighted by atomic mass is 16.7. The van der Waals surface area contributed by atoms with Crippen LogP contribution in [-0.2, 0) is 19.0 Å². The van der Waals surface area contributed by atoms with Crippen LogP contribution < -0.4 is 0 Å². The Bertz CT molecular complexity index is 443. The molecule has 1 rings (SSSR count). The number of carbonyl (C=O) groups is 2. The maximum absolute atomic E-state index is 12.3. The van der Waals surface area contributed by atoms with Crippen molar-refractivity contribution in [2.75, 3.05) is 21.0 Å². The summed E-state index contributed by atoms with van der Waals surface area (Å²) in [4.78, 5) is 25.1. The average Bonchev–Trinajstić information content (AvgIpc) is 2.68. The van der Waals surface area contributed by atoms with Crippen molar-refractivity contribution in [1.82, 2.24) is 4.90 Å². The van der Waals surface area contributed by atoms with Gasteiger partial charge in [0.05, 0.1) is 19.3 Å². The molecule has 1 saturated heterocycles. The fourth-order valence-electron chi connectivity index (χ4n) is 4.15. The van der Waals surface area contributed by atoms with Crippen LogP contribution in [0.3, 0.4) is 0 Å². The van der Waals surface area contributed by atoms with Gasteiger partial charge in [-0.3, -0.25) is 4.90 Å². The van der Waals surface area contributed by atoms with Crippen LogP contribution in [0.25, 0.3) is 0 Å². The molecular weight excluding hydrogens is 358 g/mol. The minimum absolute atomic E-state index is 0.00157. The van der Waals surface area contributed by atoms with E-state index in [1.165, 1.54) is 45.6 Å². The number of piperidine rings is 1. The van der Waals surface area contributed by atoms with Crippen LogP contribution in [0.5, 0.6) is 0 Å². The van der Waals surface area contributed by atoms with Gasteiger partial charge in [-0.25, -0.2) is 4.79 Å². The molecule has 1 amide bonds. The van der Waals surface area contributed by atoms with E-state index in [2.05, 4.69) is 0 Å². The smallest absolute Gasteiger partial charge is 0.410 e. The summed E-state index contributed by atoms with van der Waals surface area (Å²) in [5.74, 6) is 0.301. The summed E-state index contributed by atoms with van der Waals surface area (Å²) in [7, 11) is 3.06. The van der Waals surface area contributed by atoms with Crippen LogP contribution in [0.2, 0.25) is 0 Å². The van der Waals surface area contributed by atoms with Crippen molar-refractivity contribution in [3.05, 3.63) is 0 Å². The molecule has 6 nitrogen and oxygen atoms in total. The highest BCUT2D eigenvalue weighted by molar-refractivity contribution is 5.75. The number of unbranched alkanes of at least 4 members (excludes halogenated alkanes) is 7. The quantitative estimate of drug-likeness (QED) is 0.301. The number of nitrogens with zero attached hydrogens (tertiary/aromatic N) is 1. The molecular formula is C22H41NO5. The van der Waals surface area contributed by atoms with Crippen molar-refractivity contribution < 1.29 is 23.8 Å². The lowest BCUT2D eigenvalue weighted by molar-refractivity contribution is -0.117. The van der Waals surface area contributed by atoms with Gasteiger partial charge in [0.1, 0.15) is 12.6 Å². The number of rotatable bonds is 14. The van der Waals surface area contributed by atoms with Gasteiger partial charge in [-0.05, 0) is 39.5 Å². The lowest BCUT2D eigenvalue weighted by Crippen LogP contribution is -2.55. The SMILES string of the molecule is COCO[C@@H]1CC[C@H](CCCCCCCCCCC(C)=O)N(C(=O)OC)[C@@H]1C. The van der Waals surface area contributed by atoms with E-state index in [9.17, 15) is 9.59 Å². The third-order valence-electron chi connectivity index (χ3n) is 5.76. The number of ketones is 1. The van der Waals surface area contributed by atoms with E-state index in [1.807, 2.05) is 11.8 Å². The molecule has 0 aromatic heterocycles. The van der Waals surface area contributed by atoms with Crippen molar-refractivity contribution >= 4 is 11.9 Å². The summed E-state index contributed by atoms with van der Waals surface area (Å²) in [5.41, 5.74) is 0. The molecule has 164 valence electrons. The normalized spacial score (nSPS) is 22.3. The fourth-order valence-corrected chi connectivity index (χ4v) is 4.15. The Hall–Kier alpha value is -1.14. The van der Waals surface area contributed by atoms with Gasteiger partial charge in [0, 0.05) is 19.6 Å². The largest absolute Gasteiger partial charge is 0.453 e. The van der Waals surface area contributed by atoms with Gasteiger partial charge < -0.3 is 19.0 Å². The lowest BCUT2D eigenvalue weighted by Gasteiger charge is -2.43. The van der Waals surface area contributed by atoms with Crippen LogP contribution in [0.15, 0.2) is 0 Å². The highest BCUT2D eigenvalue weighted by Crippen LogP contribution is 2.29. The third-order valence-corrected chi connectivity index (χ3v) is 5.76. The van der Waals surface area contributed by atoms with E-state index < -0.39 is 0 Å². The number of likely N-dealkylation sites (tertiary alicyclic amines) is 1. The maximum Gasteiger partial charge on any atom is 0.410 e. The second kappa shape index (κ2) is 14.8. The second-order valence-corrected chi connectivity index (χ2v) is 8.03. The first kappa shape index (κ1) is 24.9. The summed E-state index contributed by atoms with van der Waals surface area (Å²) in [6.07, 6.45) is 12.9. The third kappa shape index (κ3) is 9.37. The predicted octanol–water partition coefficient (Wildman–Crippen LogP) is 5.08. The van der Waals surface area contributed by atoms with Gasteiger partial charge in [-0.2, -0.15) is 0 Å². The zero-order valence-electron chi connectivity index (χ0n) is 18.4. The van der Waals surface area contributed by atoms with Gasteiger partial charge in [-0.15, -0.1) is 0 Å². The summed E-state index contributed by atoms with van der Waals surface area (Å²) in [5, 5.41) is 0. The molecule has 0 unspecified atom stereocenters. The number of amides is 1. The van der Waals surface area contributed by atoms with Crippen molar-refractivity contribution in [3.63, 3.8) is 0 Å². The Balaban J connectivity index is 2.24. The molecule has 6 heteroatoms. The molecule has 0 radical (unpaired) electrons. The molecule has 0 bridgehead atoms. The molecule has 0 spiro atoms. The van der Waals surface area contributed by atoms with E-state index in [-0.39, 0.29) is 31.1 Å². The maximum atomic E-state index is 12.3. The van der Waals surface area contributed by atoms with E-state index in [4.69, 9.17) is 14.2 Å². The van der Waals surface area contributed by atoms with Crippen LogP contribution in [0, 0.1) is 0 Å². The molecule has 1 aliphatic rings. The van der Waals surface area contributed by atoms with Crippen molar-refractivity contribution in [2.45, 2.75) is 109 Å². The molecule has 3 atom stereocenters. The number of Topliss-reactive ketones (excluding diaryl/α,β-unsaturated/α-hetero) is 1. The van der Waals surface area contributed by atoms with E-state index in [0.29, 0.717) is 5.78 Å². The number of ether oxygens (including phenoxy) is 3. The molecule has 0 aromatic rings. The molecule has 0 aromatic carbocycles. The van der Waals surface area contributed by atoms with Gasteiger partial charge >= 0.3 is 6.09 Å². The topological polar surface area (TPSA) is 65.1 Å². The van der Waals surface area contributed by atoms with Crippen molar-refractivity contribution in [1.29, 1.82) is 0 Å². The molecule has 0 aliphatic carbocycles. The molecule has 28 heavy (non-hydrogen) atoms. The summed E-state index contributed by atoms with van der Waals surface area (Å²) in [6.45, 7) is 3.96. The molecule has 1 aliphatic heterocycles. The fraction of sp³-hybridized carbons (Fsp3) is 0.909. The first-order valence-corrected chi connectivity index (χ1v) is 11.0. The zero-order chi connectivity index (χ0) is 20.8. The lowest BCUT2D eigenvalue weighted by atomic mass is 9.91. The Morgan fingerprint density at radius 1 is 0.929 bits per heavy atom. The van der Waals surface area contributed by atoms with Gasteiger partial charge in [-0.1, -0.05) is 44.9 Å². The monoisotopic (exact) mass is 399 g/mol. The summed E-state index contributed by atoms with van der Waals surface area (Å²) in [6, 6.07) is 0.229. The Kier molecular flexibility index (Phi) is 13.2. The molecule has 0 N–H and O–H groups in total. The molecule has 1 heterocycles. The first-order chi connectivity index (χ1) is 13.5. The number of methoxy groups -OCH3 is 2. The Labute approximate surface area is 171 Å². The standard InChI is InChI=1S/C22H41NO5/c1-18(24)13-11-9-7-5-6-8-10-12-14-20-15-16-21(28-17-26-3)19(2)23(20)22(25)27-4/h19-21H,5-17H2,1-4H3/t19-,20+,21-/m1/s1. The summed E-state index contributed by atoms with van der Waals surface area (Å²) < 4.78 is 15.8. The number of hydrogen-bond acceptors (Lipinski definition) is 5. The Morgan fingerprint density at radius 3 is 2.11 bits per heavy atom. The van der Waals surface area contributed by atoms with Gasteiger partial charge in [0.25, 0.3) is 0 Å². The van der Waals surface area contributed by atoms with Crippen LogP contribution in [-0.4, -0.2) is 56.0 Å². The summed E-state index contributed by atoms with van der Waals surface area (Å²) >= 11 is 0. The van der Waals surface area contributed by atoms with Crippen molar-refractivity contribution in [2.24, 2.45) is 0 Å². The van der Waals surface area contributed by atoms with E-state index in [1.54, 1.807) is 14.0 Å². The molecule has 1 fully saturated rings. The van der Waals surface area contributed by atoms with Crippen LogP contribution >= 0.6 is 0 Å². The highest BCUT2D eigenvalue weighted by Gasteiger charge is 2.38. The Morgan fingerprint density at radius 2 is 1.54 bits per heavy atom. The van der Waals surface area contributed by atoms with Crippen molar-refractivity contribution in [3.8, 4) is 0 Å². The minimum Gasteiger partial charge on any atom is -0.453 e. The van der Waals surface area contributed by atoms with E-state index in [0.717, 1.165) is 38.5 Å². The predicted molar refractivity (Wildman–Crippen MR) is 110 cm³/mol.